The standard InChI is InChI=1S/C33H50N4O9/c1-10-28(38)34-13-15-36-26-17-25(22(6)16-27(26)46-33(8,19-43-9)31(36)41)29(39)37(21(4)5)24-12-11-14-35(18-24)32(42)45-23(7)44-30(40)20(2)3/h16-17,20-21,23-24H,10-15,18-19H2,1-9H3,(H,34,38)/t23-,24-,33?/m1/s1. The van der Waals surface area contributed by atoms with Crippen LogP contribution < -0.4 is 15.0 Å². The molecule has 2 heterocycles. The normalized spacial score (nSPS) is 20.2. The first-order valence-corrected chi connectivity index (χ1v) is 16.0. The number of nitrogens with one attached hydrogen (secondary N) is 1. The van der Waals surface area contributed by atoms with Crippen LogP contribution in [0.4, 0.5) is 10.5 Å². The maximum absolute atomic E-state index is 14.3. The molecule has 1 fully saturated rings. The van der Waals surface area contributed by atoms with Crippen molar-refractivity contribution >= 4 is 35.5 Å². The third kappa shape index (κ3) is 8.48. The number of carbonyl (C=O) groups is 5. The Bertz CT molecular complexity index is 1300. The lowest BCUT2D eigenvalue weighted by Crippen LogP contribution is -2.58. The highest BCUT2D eigenvalue weighted by molar-refractivity contribution is 6.05. The minimum atomic E-state index is -1.29. The van der Waals surface area contributed by atoms with Crippen molar-refractivity contribution in [2.45, 2.75) is 98.6 Å². The maximum atomic E-state index is 14.3. The molecule has 0 aromatic heterocycles. The molecule has 4 amide bonds. The van der Waals surface area contributed by atoms with Crippen LogP contribution in [0.25, 0.3) is 0 Å². The van der Waals surface area contributed by atoms with Crippen molar-refractivity contribution < 1.29 is 42.9 Å². The fraction of sp³-hybridized carbons (Fsp3) is 0.667. The molecule has 2 aliphatic rings. The molecule has 1 saturated heterocycles. The van der Waals surface area contributed by atoms with Crippen LogP contribution in [0.1, 0.15) is 83.7 Å². The molecule has 0 radical (unpaired) electrons. The van der Waals surface area contributed by atoms with Crippen LogP contribution >= 0.6 is 0 Å². The number of hydrogen-bond acceptors (Lipinski definition) is 9. The summed E-state index contributed by atoms with van der Waals surface area (Å²) in [5, 5.41) is 2.81. The summed E-state index contributed by atoms with van der Waals surface area (Å²) in [7, 11) is 1.49. The summed E-state index contributed by atoms with van der Waals surface area (Å²) >= 11 is 0. The lowest BCUT2D eigenvalue weighted by Gasteiger charge is -2.42. The van der Waals surface area contributed by atoms with E-state index in [1.165, 1.54) is 23.8 Å². The molecule has 2 aliphatic heterocycles. The highest BCUT2D eigenvalue weighted by Gasteiger charge is 2.45. The number of anilines is 1. The van der Waals surface area contributed by atoms with Gasteiger partial charge < -0.3 is 39.0 Å². The Morgan fingerprint density at radius 2 is 1.83 bits per heavy atom. The van der Waals surface area contributed by atoms with Gasteiger partial charge in [0.05, 0.1) is 24.3 Å². The van der Waals surface area contributed by atoms with Crippen molar-refractivity contribution in [2.75, 3.05) is 44.8 Å². The molecule has 1 aromatic carbocycles. The number of methoxy groups -OCH3 is 1. The summed E-state index contributed by atoms with van der Waals surface area (Å²) in [6.45, 7) is 15.1. The average molecular weight is 647 g/mol. The molecule has 13 nitrogen and oxygen atoms in total. The van der Waals surface area contributed by atoms with Crippen LogP contribution in [-0.4, -0.2) is 103 Å². The van der Waals surface area contributed by atoms with Crippen LogP contribution in [0, 0.1) is 12.8 Å². The van der Waals surface area contributed by atoms with E-state index in [0.29, 0.717) is 48.4 Å². The molecule has 3 rings (SSSR count). The molecule has 0 spiro atoms. The maximum Gasteiger partial charge on any atom is 0.412 e. The molecule has 1 N–H and O–H groups in total. The largest absolute Gasteiger partial charge is 0.473 e. The topological polar surface area (TPSA) is 144 Å². The Morgan fingerprint density at radius 1 is 1.13 bits per heavy atom. The van der Waals surface area contributed by atoms with E-state index in [0.717, 1.165) is 0 Å². The second kappa shape index (κ2) is 15.6. The van der Waals surface area contributed by atoms with Gasteiger partial charge in [-0.3, -0.25) is 19.2 Å². The van der Waals surface area contributed by atoms with Gasteiger partial charge in [-0.05, 0) is 58.2 Å². The number of esters is 1. The summed E-state index contributed by atoms with van der Waals surface area (Å²) in [4.78, 5) is 69.7. The van der Waals surface area contributed by atoms with Crippen molar-refractivity contribution in [2.24, 2.45) is 5.92 Å². The van der Waals surface area contributed by atoms with Gasteiger partial charge in [-0.1, -0.05) is 20.8 Å². The number of carbonyl (C=O) groups excluding carboxylic acids is 5. The summed E-state index contributed by atoms with van der Waals surface area (Å²) in [6.07, 6.45) is -0.0144. The van der Waals surface area contributed by atoms with Crippen LogP contribution in [0.3, 0.4) is 0 Å². The van der Waals surface area contributed by atoms with E-state index >= 15 is 0 Å². The quantitative estimate of drug-likeness (QED) is 0.266. The van der Waals surface area contributed by atoms with Crippen molar-refractivity contribution in [3.8, 4) is 5.75 Å². The zero-order valence-electron chi connectivity index (χ0n) is 28.6. The lowest BCUT2D eigenvalue weighted by molar-refractivity contribution is -0.170. The van der Waals surface area contributed by atoms with Gasteiger partial charge in [0, 0.05) is 58.2 Å². The van der Waals surface area contributed by atoms with E-state index < -0.39 is 24.0 Å². The monoisotopic (exact) mass is 646 g/mol. The number of likely N-dealkylation sites (tertiary alicyclic amines) is 1. The predicted octanol–water partition coefficient (Wildman–Crippen LogP) is 3.65. The molecular formula is C33H50N4O9. The van der Waals surface area contributed by atoms with Crippen molar-refractivity contribution in [3.05, 3.63) is 23.3 Å². The second-order valence-corrected chi connectivity index (χ2v) is 12.7. The van der Waals surface area contributed by atoms with E-state index in [-0.39, 0.29) is 62.0 Å². The molecule has 0 aliphatic carbocycles. The van der Waals surface area contributed by atoms with Crippen molar-refractivity contribution in [3.63, 3.8) is 0 Å². The summed E-state index contributed by atoms with van der Waals surface area (Å²) in [6, 6.07) is 2.91. The SMILES string of the molecule is CCC(=O)NCCN1C(=O)C(C)(COC)Oc2cc(C)c(C(=O)N(C(C)C)[C@@H]3CCCN(C(=O)O[C@H](C)OC(=O)C(C)C)C3)cc21. The number of aryl methyl sites for hydroxylation is 1. The Labute approximate surface area is 271 Å². The van der Waals surface area contributed by atoms with Gasteiger partial charge in [0.1, 0.15) is 5.75 Å². The summed E-state index contributed by atoms with van der Waals surface area (Å²) in [5.74, 6) is -1.11. The van der Waals surface area contributed by atoms with Crippen molar-refractivity contribution in [1.82, 2.24) is 15.1 Å². The van der Waals surface area contributed by atoms with E-state index in [1.54, 1.807) is 44.7 Å². The van der Waals surface area contributed by atoms with Gasteiger partial charge in [-0.15, -0.1) is 0 Å². The Morgan fingerprint density at radius 3 is 2.43 bits per heavy atom. The van der Waals surface area contributed by atoms with Crippen LogP contribution in [-0.2, 0) is 28.6 Å². The zero-order valence-corrected chi connectivity index (χ0v) is 28.6. The average Bonchev–Trinajstić information content (AvgIpc) is 2.98. The molecule has 13 heteroatoms. The van der Waals surface area contributed by atoms with Crippen molar-refractivity contribution in [1.29, 1.82) is 0 Å². The fourth-order valence-corrected chi connectivity index (χ4v) is 5.74. The highest BCUT2D eigenvalue weighted by atomic mass is 16.7. The third-order valence-electron chi connectivity index (χ3n) is 8.12. The van der Waals surface area contributed by atoms with Gasteiger partial charge in [0.15, 0.2) is 0 Å². The third-order valence-corrected chi connectivity index (χ3v) is 8.12. The van der Waals surface area contributed by atoms with E-state index in [9.17, 15) is 24.0 Å². The molecule has 0 saturated carbocycles. The van der Waals surface area contributed by atoms with E-state index in [2.05, 4.69) is 5.32 Å². The summed E-state index contributed by atoms with van der Waals surface area (Å²) in [5.41, 5.74) is 0.204. The minimum absolute atomic E-state index is 0.0174. The Hall–Kier alpha value is -3.87. The molecule has 46 heavy (non-hydrogen) atoms. The predicted molar refractivity (Wildman–Crippen MR) is 171 cm³/mol. The molecule has 0 bridgehead atoms. The molecule has 256 valence electrons. The zero-order chi connectivity index (χ0) is 34.3. The van der Waals surface area contributed by atoms with Gasteiger partial charge in [-0.2, -0.15) is 0 Å². The molecule has 1 unspecified atom stereocenters. The molecule has 1 aromatic rings. The number of amides is 4. The number of ether oxygens (including phenoxy) is 4. The highest BCUT2D eigenvalue weighted by Crippen LogP contribution is 2.40. The van der Waals surface area contributed by atoms with E-state index in [1.807, 2.05) is 20.8 Å². The number of rotatable bonds is 12. The molecule has 3 atom stereocenters. The van der Waals surface area contributed by atoms with Gasteiger partial charge in [0.2, 0.25) is 17.8 Å². The van der Waals surface area contributed by atoms with Gasteiger partial charge >= 0.3 is 12.1 Å². The Balaban J connectivity index is 1.88. The Kier molecular flexibility index (Phi) is 12.4. The number of benzene rings is 1. The minimum Gasteiger partial charge on any atom is -0.473 e. The van der Waals surface area contributed by atoms with Gasteiger partial charge in [0.25, 0.3) is 11.8 Å². The first-order chi connectivity index (χ1) is 21.6. The van der Waals surface area contributed by atoms with Crippen LogP contribution in [0.5, 0.6) is 5.75 Å². The summed E-state index contributed by atoms with van der Waals surface area (Å²) < 4.78 is 22.1. The number of piperidine rings is 1. The first kappa shape index (κ1) is 36.6. The number of nitrogens with zero attached hydrogens (tertiary/aromatic N) is 3. The van der Waals surface area contributed by atoms with Gasteiger partial charge in [-0.25, -0.2) is 4.79 Å². The number of hydrogen-bond donors (Lipinski definition) is 1. The second-order valence-electron chi connectivity index (χ2n) is 12.7. The van der Waals surface area contributed by atoms with E-state index in [4.69, 9.17) is 18.9 Å². The first-order valence-electron chi connectivity index (χ1n) is 16.0. The smallest absolute Gasteiger partial charge is 0.412 e. The molecular weight excluding hydrogens is 596 g/mol. The van der Waals surface area contributed by atoms with Crippen LogP contribution in [0.2, 0.25) is 0 Å². The fourth-order valence-electron chi connectivity index (χ4n) is 5.74. The number of fused-ring (bicyclic) bond motifs is 1. The van der Waals surface area contributed by atoms with Crippen LogP contribution in [0.15, 0.2) is 12.1 Å². The lowest BCUT2D eigenvalue weighted by atomic mass is 9.97.